The van der Waals surface area contributed by atoms with Gasteiger partial charge in [0.2, 0.25) is 0 Å². The number of aliphatic hydroxyl groups excluding tert-OH is 1. The Bertz CT molecular complexity index is 279. The first-order valence-electron chi connectivity index (χ1n) is 5.03. The Labute approximate surface area is 95.1 Å². The Morgan fingerprint density at radius 3 is 2.60 bits per heavy atom. The fourth-order valence-electron chi connectivity index (χ4n) is 1.74. The summed E-state index contributed by atoms with van der Waals surface area (Å²) in [4.78, 5) is 5.08. The number of thiazole rings is 1. The summed E-state index contributed by atoms with van der Waals surface area (Å²) in [7, 11) is 1.64. The summed E-state index contributed by atoms with van der Waals surface area (Å²) in [5, 5.41) is 10.1. The van der Waals surface area contributed by atoms with E-state index in [2.05, 4.69) is 25.8 Å². The van der Waals surface area contributed by atoms with Crippen molar-refractivity contribution in [1.29, 1.82) is 0 Å². The van der Waals surface area contributed by atoms with E-state index in [1.807, 2.05) is 0 Å². The van der Waals surface area contributed by atoms with E-state index in [0.717, 1.165) is 4.88 Å². The molecule has 0 fully saturated rings. The van der Waals surface area contributed by atoms with Crippen LogP contribution in [0.5, 0.6) is 0 Å². The van der Waals surface area contributed by atoms with Gasteiger partial charge in [-0.25, -0.2) is 0 Å². The molecular formula is C11H19NO2S. The fourth-order valence-corrected chi connectivity index (χ4v) is 2.39. The lowest BCUT2D eigenvalue weighted by atomic mass is 9.84. The number of aliphatic hydroxyl groups is 1. The molecule has 3 nitrogen and oxygen atoms in total. The van der Waals surface area contributed by atoms with Gasteiger partial charge in [0, 0.05) is 24.6 Å². The van der Waals surface area contributed by atoms with Gasteiger partial charge in [-0.1, -0.05) is 20.8 Å². The first kappa shape index (κ1) is 12.6. The Morgan fingerprint density at radius 2 is 2.20 bits per heavy atom. The van der Waals surface area contributed by atoms with Gasteiger partial charge in [0.25, 0.3) is 0 Å². The molecule has 0 aliphatic heterocycles. The van der Waals surface area contributed by atoms with E-state index in [9.17, 15) is 5.11 Å². The maximum absolute atomic E-state index is 10.1. The van der Waals surface area contributed by atoms with E-state index in [1.54, 1.807) is 30.2 Å². The molecule has 1 N–H and O–H groups in total. The number of nitrogens with zero attached hydrogens (tertiary/aromatic N) is 1. The third-order valence-electron chi connectivity index (χ3n) is 2.35. The van der Waals surface area contributed by atoms with Crippen LogP contribution in [0.25, 0.3) is 0 Å². The van der Waals surface area contributed by atoms with Crippen molar-refractivity contribution in [3.05, 3.63) is 16.6 Å². The average Bonchev–Trinajstić information content (AvgIpc) is 2.54. The van der Waals surface area contributed by atoms with Crippen molar-refractivity contribution in [2.75, 3.05) is 7.11 Å². The monoisotopic (exact) mass is 229 g/mol. The Morgan fingerprint density at radius 1 is 1.53 bits per heavy atom. The summed E-state index contributed by atoms with van der Waals surface area (Å²) < 4.78 is 5.36. The highest BCUT2D eigenvalue weighted by atomic mass is 32.1. The number of aromatic nitrogens is 1. The van der Waals surface area contributed by atoms with Gasteiger partial charge in [0.1, 0.15) is 0 Å². The molecule has 0 saturated carbocycles. The van der Waals surface area contributed by atoms with E-state index < -0.39 is 6.10 Å². The minimum absolute atomic E-state index is 0.0567. The largest absolute Gasteiger partial charge is 0.390 e. The zero-order valence-corrected chi connectivity index (χ0v) is 10.5. The molecule has 2 unspecified atom stereocenters. The Kier molecular flexibility index (Phi) is 4.25. The van der Waals surface area contributed by atoms with Gasteiger partial charge in [-0.2, -0.15) is 0 Å². The lowest BCUT2D eigenvalue weighted by Crippen LogP contribution is -2.40. The molecule has 0 aromatic carbocycles. The van der Waals surface area contributed by atoms with Crippen LogP contribution < -0.4 is 0 Å². The van der Waals surface area contributed by atoms with E-state index in [4.69, 9.17) is 4.74 Å². The molecule has 0 bridgehead atoms. The molecule has 86 valence electrons. The lowest BCUT2D eigenvalue weighted by molar-refractivity contribution is -0.0696. The van der Waals surface area contributed by atoms with Gasteiger partial charge in [0.05, 0.1) is 17.7 Å². The highest BCUT2D eigenvalue weighted by molar-refractivity contribution is 7.09. The van der Waals surface area contributed by atoms with Crippen LogP contribution in [0.4, 0.5) is 0 Å². The van der Waals surface area contributed by atoms with Crippen LogP contribution in [-0.2, 0) is 11.2 Å². The van der Waals surface area contributed by atoms with Crippen LogP contribution in [0, 0.1) is 5.41 Å². The van der Waals surface area contributed by atoms with Crippen molar-refractivity contribution in [2.45, 2.75) is 39.4 Å². The summed E-state index contributed by atoms with van der Waals surface area (Å²) in [6, 6.07) is 0. The van der Waals surface area contributed by atoms with Crippen LogP contribution in [0.1, 0.15) is 25.6 Å². The van der Waals surface area contributed by atoms with E-state index in [0.29, 0.717) is 6.42 Å². The third-order valence-corrected chi connectivity index (χ3v) is 3.15. The van der Waals surface area contributed by atoms with Crippen molar-refractivity contribution in [3.8, 4) is 0 Å². The molecule has 0 amide bonds. The second-order valence-corrected chi connectivity index (χ2v) is 5.73. The molecule has 1 aromatic heterocycles. The van der Waals surface area contributed by atoms with Gasteiger partial charge >= 0.3 is 0 Å². The van der Waals surface area contributed by atoms with E-state index in [1.165, 1.54) is 0 Å². The number of methoxy groups -OCH3 is 1. The predicted octanol–water partition coefficient (Wildman–Crippen LogP) is 2.11. The van der Waals surface area contributed by atoms with Crippen LogP contribution in [0.15, 0.2) is 11.7 Å². The highest BCUT2D eigenvalue weighted by Gasteiger charge is 2.31. The molecule has 4 heteroatoms. The molecule has 0 radical (unpaired) electrons. The molecule has 0 spiro atoms. The molecule has 15 heavy (non-hydrogen) atoms. The zero-order chi connectivity index (χ0) is 11.5. The number of hydrogen-bond acceptors (Lipinski definition) is 4. The van der Waals surface area contributed by atoms with E-state index in [-0.39, 0.29) is 11.5 Å². The zero-order valence-electron chi connectivity index (χ0n) is 9.73. The molecule has 0 aliphatic rings. The number of ether oxygens (including phenoxy) is 1. The quantitative estimate of drug-likeness (QED) is 0.860. The van der Waals surface area contributed by atoms with Gasteiger partial charge in [-0.3, -0.25) is 4.98 Å². The van der Waals surface area contributed by atoms with Crippen molar-refractivity contribution in [2.24, 2.45) is 5.41 Å². The van der Waals surface area contributed by atoms with Crippen LogP contribution in [-0.4, -0.2) is 29.4 Å². The molecule has 0 saturated heterocycles. The number of hydrogen-bond donors (Lipinski definition) is 1. The SMILES string of the molecule is COC(C(O)Cc1cncs1)C(C)(C)C. The van der Waals surface area contributed by atoms with Crippen LogP contribution >= 0.6 is 11.3 Å². The minimum atomic E-state index is -0.476. The summed E-state index contributed by atoms with van der Waals surface area (Å²) in [5.41, 5.74) is 1.72. The van der Waals surface area contributed by atoms with Gasteiger partial charge in [0.15, 0.2) is 0 Å². The second-order valence-electron chi connectivity index (χ2n) is 4.76. The first-order chi connectivity index (χ1) is 6.95. The maximum Gasteiger partial charge on any atom is 0.0881 e. The standard InChI is InChI=1S/C11H19NO2S/c1-11(2,3)10(14-4)9(13)5-8-6-12-7-15-8/h6-7,9-10,13H,5H2,1-4H3. The average molecular weight is 229 g/mol. The molecule has 1 heterocycles. The van der Waals surface area contributed by atoms with Crippen LogP contribution in [0.2, 0.25) is 0 Å². The molecule has 1 aromatic rings. The van der Waals surface area contributed by atoms with Crippen molar-refractivity contribution < 1.29 is 9.84 Å². The van der Waals surface area contributed by atoms with Gasteiger partial charge in [-0.15, -0.1) is 11.3 Å². The molecular weight excluding hydrogens is 210 g/mol. The van der Waals surface area contributed by atoms with Gasteiger partial charge in [-0.05, 0) is 5.41 Å². The van der Waals surface area contributed by atoms with Crippen molar-refractivity contribution in [1.82, 2.24) is 4.98 Å². The van der Waals surface area contributed by atoms with Gasteiger partial charge < -0.3 is 9.84 Å². The summed E-state index contributed by atoms with van der Waals surface area (Å²) in [6.45, 7) is 6.20. The smallest absolute Gasteiger partial charge is 0.0881 e. The lowest BCUT2D eigenvalue weighted by Gasteiger charge is -2.33. The topological polar surface area (TPSA) is 42.4 Å². The predicted molar refractivity (Wildman–Crippen MR) is 62.1 cm³/mol. The summed E-state index contributed by atoms with van der Waals surface area (Å²) >= 11 is 1.56. The maximum atomic E-state index is 10.1. The Balaban J connectivity index is 2.62. The Hall–Kier alpha value is -0.450. The minimum Gasteiger partial charge on any atom is -0.390 e. The molecule has 1 rings (SSSR count). The first-order valence-corrected chi connectivity index (χ1v) is 5.91. The van der Waals surface area contributed by atoms with E-state index >= 15 is 0 Å². The van der Waals surface area contributed by atoms with Crippen LogP contribution in [0.3, 0.4) is 0 Å². The third kappa shape index (κ3) is 3.55. The fraction of sp³-hybridized carbons (Fsp3) is 0.727. The second kappa shape index (κ2) is 5.05. The molecule has 0 aliphatic carbocycles. The highest BCUT2D eigenvalue weighted by Crippen LogP contribution is 2.26. The van der Waals surface area contributed by atoms with Crippen molar-refractivity contribution in [3.63, 3.8) is 0 Å². The summed E-state index contributed by atoms with van der Waals surface area (Å²) in [6.07, 6.45) is 1.78. The van der Waals surface area contributed by atoms with Crippen molar-refractivity contribution >= 4 is 11.3 Å². The number of rotatable bonds is 4. The summed E-state index contributed by atoms with van der Waals surface area (Å²) in [5.74, 6) is 0. The normalized spacial score (nSPS) is 16.3. The molecule has 2 atom stereocenters.